The lowest BCUT2D eigenvalue weighted by atomic mass is 9.47. The zero-order valence-corrected chi connectivity index (χ0v) is 23.3. The summed E-state index contributed by atoms with van der Waals surface area (Å²) in [6, 6.07) is 9.52. The van der Waals surface area contributed by atoms with Crippen molar-refractivity contribution in [2.24, 2.45) is 23.7 Å². The van der Waals surface area contributed by atoms with Crippen LogP contribution < -0.4 is 9.26 Å². The monoisotopic (exact) mass is 592 g/mol. The number of methoxy groups -OCH3 is 1. The number of rotatable bonds is 9. The molecule has 1 saturated heterocycles. The number of carbonyl (C=O) groups is 1. The van der Waals surface area contributed by atoms with E-state index in [1.807, 2.05) is 0 Å². The van der Waals surface area contributed by atoms with Crippen molar-refractivity contribution in [2.45, 2.75) is 50.1 Å². The highest BCUT2D eigenvalue weighted by Gasteiger charge is 2.77. The minimum Gasteiger partial charge on any atom is -0.487 e. The summed E-state index contributed by atoms with van der Waals surface area (Å²) in [6.07, 6.45) is 7.92. The molecule has 5 fully saturated rings. The third kappa shape index (κ3) is 4.56. The average molecular weight is 593 g/mol. The van der Waals surface area contributed by atoms with Crippen LogP contribution in [0.1, 0.15) is 48.8 Å². The van der Waals surface area contributed by atoms with Gasteiger partial charge in [-0.3, -0.25) is 9.79 Å². The molecule has 4 aliphatic carbocycles. The van der Waals surface area contributed by atoms with Gasteiger partial charge in [0.2, 0.25) is 0 Å². The molecule has 0 radical (unpaired) electrons. The first-order chi connectivity index (χ1) is 19.0. The van der Waals surface area contributed by atoms with E-state index in [9.17, 15) is 14.5 Å². The van der Waals surface area contributed by atoms with Crippen LogP contribution in [0.15, 0.2) is 42.5 Å². The molecule has 2 aromatic rings. The lowest BCUT2D eigenvalue weighted by Gasteiger charge is -2.68. The van der Waals surface area contributed by atoms with Crippen LogP contribution in [-0.4, -0.2) is 33.6 Å². The maximum Gasteiger partial charge on any atom is 0.524 e. The second-order valence-electron chi connectivity index (χ2n) is 11.1. The maximum atomic E-state index is 11.3. The highest BCUT2D eigenvalue weighted by Crippen LogP contribution is 2.70. The van der Waals surface area contributed by atoms with Crippen molar-refractivity contribution >= 4 is 31.5 Å². The zero-order valence-electron chi connectivity index (χ0n) is 21.7. The van der Waals surface area contributed by atoms with Crippen molar-refractivity contribution < 1.29 is 48.0 Å². The summed E-state index contributed by atoms with van der Waals surface area (Å²) in [5.41, 5.74) is 1.00. The molecule has 3 N–H and O–H groups in total. The Morgan fingerprint density at radius 3 is 2.23 bits per heavy atom. The molecule has 5 aliphatic rings. The molecule has 1 heterocycles. The number of hydrogen-bond acceptors (Lipinski definition) is 7. The standard InChI is InChI=1S/C28H30ClO10P/c1-35-28(27(38-39-28)20-11-17-10-18(13-20)14-21(27)12-17)23-8-4-19(5-9-24(30)31)26(25(23)29)36-15-16-2-6-22(7-3-16)37-40(32,33)34/h2-9,17-18,20-21H,10-15H2,1H3,(H,30,31)(H2,32,33,34)/b9-5+. The van der Waals surface area contributed by atoms with Crippen molar-refractivity contribution in [3.05, 3.63) is 64.2 Å². The maximum absolute atomic E-state index is 11.3. The number of aliphatic carboxylic acids is 1. The van der Waals surface area contributed by atoms with Crippen LogP contribution in [0.4, 0.5) is 0 Å². The summed E-state index contributed by atoms with van der Waals surface area (Å²) in [5, 5.41) is 9.45. The molecule has 4 bridgehead atoms. The van der Waals surface area contributed by atoms with Crippen molar-refractivity contribution in [2.75, 3.05) is 7.11 Å². The Hall–Kier alpha value is -2.43. The van der Waals surface area contributed by atoms with Crippen LogP contribution in [-0.2, 0) is 36.3 Å². The molecule has 0 amide bonds. The summed E-state index contributed by atoms with van der Waals surface area (Å²) >= 11 is 7.04. The third-order valence-corrected chi connectivity index (χ3v) is 9.69. The Bertz CT molecular complexity index is 1350. The summed E-state index contributed by atoms with van der Waals surface area (Å²) in [6.45, 7) is 0.0321. The van der Waals surface area contributed by atoms with E-state index in [0.29, 0.717) is 28.5 Å². The minimum absolute atomic E-state index is 0.00678. The first-order valence-electron chi connectivity index (χ1n) is 13.2. The minimum atomic E-state index is -4.68. The first kappa shape index (κ1) is 27.7. The van der Waals surface area contributed by atoms with E-state index in [0.717, 1.165) is 31.8 Å². The van der Waals surface area contributed by atoms with Crippen LogP contribution in [0.3, 0.4) is 0 Å². The number of ether oxygens (including phenoxy) is 2. The van der Waals surface area contributed by atoms with Gasteiger partial charge >= 0.3 is 13.8 Å². The molecule has 2 aromatic carbocycles. The third-order valence-electron chi connectivity index (χ3n) is 8.87. The van der Waals surface area contributed by atoms with Crippen LogP contribution in [0.5, 0.6) is 11.5 Å². The molecule has 214 valence electrons. The van der Waals surface area contributed by atoms with E-state index < -0.39 is 25.2 Å². The van der Waals surface area contributed by atoms with Crippen molar-refractivity contribution in [1.29, 1.82) is 0 Å². The lowest BCUT2D eigenvalue weighted by molar-refractivity contribution is -0.645. The molecule has 40 heavy (non-hydrogen) atoms. The van der Waals surface area contributed by atoms with E-state index >= 15 is 0 Å². The Kier molecular flexibility index (Phi) is 7.02. The largest absolute Gasteiger partial charge is 0.524 e. The number of carboxylic acids is 1. The molecular formula is C28H30ClO10P. The molecule has 4 saturated carbocycles. The smallest absolute Gasteiger partial charge is 0.487 e. The second kappa shape index (κ2) is 10.1. The molecular weight excluding hydrogens is 563 g/mol. The highest BCUT2D eigenvalue weighted by molar-refractivity contribution is 7.46. The van der Waals surface area contributed by atoms with E-state index in [1.54, 1.807) is 31.4 Å². The van der Waals surface area contributed by atoms with E-state index in [1.165, 1.54) is 24.6 Å². The number of phosphoric acid groups is 1. The number of hydrogen-bond donors (Lipinski definition) is 3. The predicted molar refractivity (Wildman–Crippen MR) is 142 cm³/mol. The van der Waals surface area contributed by atoms with Gasteiger partial charge in [-0.15, -0.1) is 0 Å². The fourth-order valence-corrected chi connectivity index (χ4v) is 8.28. The first-order valence-corrected chi connectivity index (χ1v) is 15.1. The van der Waals surface area contributed by atoms with Gasteiger partial charge in [-0.2, -0.15) is 4.89 Å². The Morgan fingerprint density at radius 1 is 1.05 bits per heavy atom. The molecule has 1 atom stereocenters. The number of halogens is 1. The molecule has 12 heteroatoms. The van der Waals surface area contributed by atoms with Gasteiger partial charge in [-0.1, -0.05) is 35.9 Å². The summed E-state index contributed by atoms with van der Waals surface area (Å²) in [5.74, 6) is -0.154. The fraction of sp³-hybridized carbons (Fsp3) is 0.464. The molecule has 1 unspecified atom stereocenters. The van der Waals surface area contributed by atoms with Gasteiger partial charge < -0.3 is 19.1 Å². The van der Waals surface area contributed by atoms with Gasteiger partial charge in [0.05, 0.1) is 5.02 Å². The van der Waals surface area contributed by atoms with E-state index in [2.05, 4.69) is 4.52 Å². The van der Waals surface area contributed by atoms with Gasteiger partial charge in [-0.05, 0) is 79.5 Å². The van der Waals surface area contributed by atoms with Crippen molar-refractivity contribution in [3.63, 3.8) is 0 Å². The SMILES string of the molecule is COC1(c2ccc(/C=C/C(=O)O)c(OCc3ccc(OP(=O)(O)O)cc3)c2Cl)OOC12C1CC3CC(C1)CC2C3. The van der Waals surface area contributed by atoms with Gasteiger partial charge in [-0.25, -0.2) is 14.2 Å². The predicted octanol–water partition coefficient (Wildman–Crippen LogP) is 5.44. The summed E-state index contributed by atoms with van der Waals surface area (Å²) in [4.78, 5) is 41.2. The second-order valence-corrected chi connectivity index (χ2v) is 12.7. The molecule has 1 aliphatic heterocycles. The Morgan fingerprint density at radius 2 is 1.70 bits per heavy atom. The Balaban J connectivity index is 1.34. The van der Waals surface area contributed by atoms with Crippen LogP contribution in [0.2, 0.25) is 5.02 Å². The summed E-state index contributed by atoms with van der Waals surface area (Å²) in [7, 11) is -3.09. The number of benzene rings is 2. The normalized spacial score (nSPS) is 32.4. The topological polar surface area (TPSA) is 141 Å². The van der Waals surface area contributed by atoms with Crippen molar-refractivity contribution in [3.8, 4) is 11.5 Å². The van der Waals surface area contributed by atoms with Crippen LogP contribution in [0.25, 0.3) is 6.08 Å². The van der Waals surface area contributed by atoms with Gasteiger partial charge in [0.15, 0.2) is 5.60 Å². The van der Waals surface area contributed by atoms with Crippen LogP contribution >= 0.6 is 19.4 Å². The highest BCUT2D eigenvalue weighted by atomic mass is 35.5. The molecule has 1 spiro atoms. The van der Waals surface area contributed by atoms with Crippen LogP contribution in [0, 0.1) is 23.7 Å². The zero-order chi connectivity index (χ0) is 28.3. The molecule has 0 aromatic heterocycles. The Labute approximate surface area is 236 Å². The van der Waals surface area contributed by atoms with E-state index in [-0.39, 0.29) is 35.0 Å². The molecule has 7 rings (SSSR count). The fourth-order valence-electron chi connectivity index (χ4n) is 7.53. The average Bonchev–Trinajstić information content (AvgIpc) is 2.87. The van der Waals surface area contributed by atoms with Gasteiger partial charge in [0.1, 0.15) is 18.1 Å². The number of phosphoric ester groups is 1. The van der Waals surface area contributed by atoms with Crippen molar-refractivity contribution in [1.82, 2.24) is 0 Å². The van der Waals surface area contributed by atoms with Gasteiger partial charge in [0.25, 0.3) is 5.79 Å². The van der Waals surface area contributed by atoms with E-state index in [4.69, 9.17) is 40.6 Å². The quantitative estimate of drug-likeness (QED) is 0.196. The number of carboxylic acid groups (broad SMARTS) is 1. The van der Waals surface area contributed by atoms with Gasteiger partial charge in [0, 0.05) is 24.3 Å². The molecule has 10 nitrogen and oxygen atoms in total. The summed E-state index contributed by atoms with van der Waals surface area (Å²) < 4.78 is 28.0. The lowest BCUT2D eigenvalue weighted by Crippen LogP contribution is -2.76.